The third-order valence-electron chi connectivity index (χ3n) is 7.82. The largest absolute Gasteiger partial charge is 0.453 e. The standard InChI is InChI=1S/C25H33BrN2O4/c1-17(23(30)27-20-2-4-21(5-3-20)28-6-8-31-9-7-28)32-22(29)15-24-11-18-10-19(12-24)14-25(26,13-18)16-24/h2-5,17-19H,6-16H2,1H3,(H,27,30)/t17-,18+,19+,24?,25?/m0/s1. The minimum atomic E-state index is -0.812. The minimum Gasteiger partial charge on any atom is -0.453 e. The summed E-state index contributed by atoms with van der Waals surface area (Å²) in [5.74, 6) is 0.919. The highest BCUT2D eigenvalue weighted by Crippen LogP contribution is 2.65. The van der Waals surface area contributed by atoms with Crippen molar-refractivity contribution in [2.75, 3.05) is 36.5 Å². The summed E-state index contributed by atoms with van der Waals surface area (Å²) in [6.07, 6.45) is 6.72. The Morgan fingerprint density at radius 3 is 2.44 bits per heavy atom. The highest BCUT2D eigenvalue weighted by molar-refractivity contribution is 9.10. The molecule has 6 nitrogen and oxygen atoms in total. The first-order valence-corrected chi connectivity index (χ1v) is 12.7. The second-order valence-corrected chi connectivity index (χ2v) is 12.2. The van der Waals surface area contributed by atoms with Crippen molar-refractivity contribution in [3.05, 3.63) is 24.3 Å². The number of halogens is 1. The van der Waals surface area contributed by atoms with E-state index in [1.54, 1.807) is 6.92 Å². The van der Waals surface area contributed by atoms with Gasteiger partial charge in [-0.2, -0.15) is 0 Å². The SMILES string of the molecule is C[C@H](OC(=O)CC12C[C@H]3C[C@@H](CC(Br)(C3)C1)C2)C(=O)Nc1ccc(N2CCOCC2)cc1. The molecule has 7 heteroatoms. The molecular weight excluding hydrogens is 472 g/mol. The highest BCUT2D eigenvalue weighted by atomic mass is 79.9. The van der Waals surface area contributed by atoms with E-state index in [-0.39, 0.29) is 21.6 Å². The molecule has 1 aromatic rings. The lowest BCUT2D eigenvalue weighted by Gasteiger charge is -2.60. The molecule has 4 saturated carbocycles. The van der Waals surface area contributed by atoms with Gasteiger partial charge in [0.2, 0.25) is 0 Å². The quantitative estimate of drug-likeness (QED) is 0.455. The smallest absolute Gasteiger partial charge is 0.307 e. The summed E-state index contributed by atoms with van der Waals surface area (Å²) >= 11 is 4.00. The van der Waals surface area contributed by atoms with Gasteiger partial charge >= 0.3 is 5.97 Å². The number of amides is 1. The van der Waals surface area contributed by atoms with E-state index in [4.69, 9.17) is 9.47 Å². The summed E-state index contributed by atoms with van der Waals surface area (Å²) < 4.78 is 11.2. The van der Waals surface area contributed by atoms with Crippen LogP contribution in [0.3, 0.4) is 0 Å². The molecule has 1 heterocycles. The average Bonchev–Trinajstić information content (AvgIpc) is 2.72. The summed E-state index contributed by atoms with van der Waals surface area (Å²) in [5, 5.41) is 2.88. The molecule has 6 rings (SSSR count). The maximum Gasteiger partial charge on any atom is 0.307 e. The monoisotopic (exact) mass is 504 g/mol. The molecule has 174 valence electrons. The molecule has 32 heavy (non-hydrogen) atoms. The number of morpholine rings is 1. The number of ether oxygens (including phenoxy) is 2. The Bertz CT molecular complexity index is 853. The van der Waals surface area contributed by atoms with Gasteiger partial charge < -0.3 is 19.7 Å². The molecule has 0 unspecified atom stereocenters. The zero-order valence-corrected chi connectivity index (χ0v) is 20.4. The molecule has 1 N–H and O–H groups in total. The summed E-state index contributed by atoms with van der Waals surface area (Å²) in [4.78, 5) is 27.7. The van der Waals surface area contributed by atoms with Gasteiger partial charge in [0.1, 0.15) is 0 Å². The number of nitrogens with one attached hydrogen (secondary N) is 1. The number of rotatable bonds is 6. The topological polar surface area (TPSA) is 67.9 Å². The maximum absolute atomic E-state index is 12.8. The van der Waals surface area contributed by atoms with Crippen molar-refractivity contribution in [3.8, 4) is 0 Å². The fraction of sp³-hybridized carbons (Fsp3) is 0.680. The molecule has 3 atom stereocenters. The predicted molar refractivity (Wildman–Crippen MR) is 127 cm³/mol. The Balaban J connectivity index is 1.13. The van der Waals surface area contributed by atoms with Crippen LogP contribution in [0, 0.1) is 17.3 Å². The van der Waals surface area contributed by atoms with E-state index in [9.17, 15) is 9.59 Å². The summed E-state index contributed by atoms with van der Waals surface area (Å²) in [7, 11) is 0. The fourth-order valence-corrected chi connectivity index (χ4v) is 8.47. The molecule has 4 bridgehead atoms. The lowest BCUT2D eigenvalue weighted by molar-refractivity contribution is -0.159. The lowest BCUT2D eigenvalue weighted by atomic mass is 9.49. The zero-order valence-electron chi connectivity index (χ0n) is 18.8. The molecule has 0 radical (unpaired) electrons. The third-order valence-corrected chi connectivity index (χ3v) is 8.75. The summed E-state index contributed by atoms with van der Waals surface area (Å²) in [5.41, 5.74) is 1.87. The van der Waals surface area contributed by atoms with Crippen LogP contribution in [-0.4, -0.2) is 48.6 Å². The van der Waals surface area contributed by atoms with Crippen LogP contribution in [0.1, 0.15) is 51.9 Å². The van der Waals surface area contributed by atoms with E-state index >= 15 is 0 Å². The van der Waals surface area contributed by atoms with E-state index in [2.05, 4.69) is 26.1 Å². The molecule has 5 aliphatic rings. The van der Waals surface area contributed by atoms with Gasteiger partial charge in [0, 0.05) is 28.8 Å². The van der Waals surface area contributed by atoms with Gasteiger partial charge in [-0.15, -0.1) is 0 Å². The molecule has 1 saturated heterocycles. The van der Waals surface area contributed by atoms with Gasteiger partial charge in [0.05, 0.1) is 19.6 Å². The number of carbonyl (C=O) groups excluding carboxylic acids is 2. The summed E-state index contributed by atoms with van der Waals surface area (Å²) in [6, 6.07) is 7.78. The number of hydrogen-bond acceptors (Lipinski definition) is 5. The van der Waals surface area contributed by atoms with Crippen LogP contribution in [0.5, 0.6) is 0 Å². The van der Waals surface area contributed by atoms with Crippen LogP contribution in [0.2, 0.25) is 0 Å². The Kier molecular flexibility index (Phi) is 5.99. The van der Waals surface area contributed by atoms with E-state index < -0.39 is 6.10 Å². The van der Waals surface area contributed by atoms with Crippen molar-refractivity contribution in [3.63, 3.8) is 0 Å². The molecule has 4 aliphatic carbocycles. The number of esters is 1. The van der Waals surface area contributed by atoms with Gasteiger partial charge in [0.25, 0.3) is 5.91 Å². The van der Waals surface area contributed by atoms with Crippen molar-refractivity contribution in [2.24, 2.45) is 17.3 Å². The van der Waals surface area contributed by atoms with Crippen LogP contribution >= 0.6 is 15.9 Å². The van der Waals surface area contributed by atoms with Crippen LogP contribution < -0.4 is 10.2 Å². The van der Waals surface area contributed by atoms with E-state index in [0.29, 0.717) is 12.1 Å². The van der Waals surface area contributed by atoms with Crippen molar-refractivity contribution >= 4 is 39.2 Å². The zero-order chi connectivity index (χ0) is 22.3. The third kappa shape index (κ3) is 4.69. The molecule has 1 aliphatic heterocycles. The number of carbonyl (C=O) groups is 2. The van der Waals surface area contributed by atoms with Gasteiger partial charge in [-0.1, -0.05) is 15.9 Å². The number of benzene rings is 1. The first-order chi connectivity index (χ1) is 15.3. The summed E-state index contributed by atoms with van der Waals surface area (Å²) in [6.45, 7) is 4.87. The maximum atomic E-state index is 12.8. The van der Waals surface area contributed by atoms with Crippen LogP contribution in [0.15, 0.2) is 24.3 Å². The normalized spacial score (nSPS) is 34.2. The van der Waals surface area contributed by atoms with Crippen molar-refractivity contribution in [1.29, 1.82) is 0 Å². The number of nitrogens with zero attached hydrogens (tertiary/aromatic N) is 1. The number of anilines is 2. The minimum absolute atomic E-state index is 0.0518. The fourth-order valence-electron chi connectivity index (χ4n) is 6.96. The van der Waals surface area contributed by atoms with Gasteiger partial charge in [-0.25, -0.2) is 0 Å². The Morgan fingerprint density at radius 2 is 1.81 bits per heavy atom. The van der Waals surface area contributed by atoms with Gasteiger partial charge in [-0.3, -0.25) is 9.59 Å². The molecule has 0 aromatic heterocycles. The van der Waals surface area contributed by atoms with Crippen LogP contribution in [0.25, 0.3) is 0 Å². The van der Waals surface area contributed by atoms with E-state index in [1.807, 2.05) is 24.3 Å². The molecular formula is C25H33BrN2O4. The number of hydrogen-bond donors (Lipinski definition) is 1. The van der Waals surface area contributed by atoms with Crippen molar-refractivity contribution < 1.29 is 19.1 Å². The van der Waals surface area contributed by atoms with Crippen LogP contribution in [0.4, 0.5) is 11.4 Å². The number of alkyl halides is 1. The van der Waals surface area contributed by atoms with Gasteiger partial charge in [-0.05, 0) is 87.0 Å². The van der Waals surface area contributed by atoms with Crippen molar-refractivity contribution in [2.45, 2.75) is 62.3 Å². The second kappa shape index (κ2) is 8.64. The molecule has 1 amide bonds. The predicted octanol–water partition coefficient (Wildman–Crippen LogP) is 4.52. The van der Waals surface area contributed by atoms with Gasteiger partial charge in [0.15, 0.2) is 6.10 Å². The van der Waals surface area contributed by atoms with E-state index in [0.717, 1.165) is 63.1 Å². The Morgan fingerprint density at radius 1 is 1.16 bits per heavy atom. The first-order valence-electron chi connectivity index (χ1n) is 11.9. The van der Waals surface area contributed by atoms with Crippen LogP contribution in [-0.2, 0) is 19.1 Å². The Labute approximate surface area is 198 Å². The second-order valence-electron chi connectivity index (χ2n) is 10.6. The van der Waals surface area contributed by atoms with Crippen molar-refractivity contribution in [1.82, 2.24) is 0 Å². The average molecular weight is 505 g/mol. The lowest BCUT2D eigenvalue weighted by Crippen LogP contribution is -2.53. The Hall–Kier alpha value is -1.60. The highest BCUT2D eigenvalue weighted by Gasteiger charge is 2.57. The molecule has 5 fully saturated rings. The molecule has 1 aromatic carbocycles. The first kappa shape index (κ1) is 22.2. The molecule has 0 spiro atoms. The van der Waals surface area contributed by atoms with E-state index in [1.165, 1.54) is 19.3 Å².